The van der Waals surface area contributed by atoms with Crippen LogP contribution in [0.15, 0.2) is 30.5 Å². The van der Waals surface area contributed by atoms with Crippen molar-refractivity contribution in [3.63, 3.8) is 0 Å². The molecule has 33 heavy (non-hydrogen) atoms. The smallest absolute Gasteiger partial charge is 0.255 e. The summed E-state index contributed by atoms with van der Waals surface area (Å²) in [6, 6.07) is 6.12. The van der Waals surface area contributed by atoms with Crippen LogP contribution in [0.2, 0.25) is 0 Å². The number of aromatic nitrogens is 1. The van der Waals surface area contributed by atoms with Gasteiger partial charge in [0.1, 0.15) is 11.9 Å². The van der Waals surface area contributed by atoms with E-state index in [9.17, 15) is 18.8 Å². The highest BCUT2D eigenvalue weighted by molar-refractivity contribution is 6.06. The van der Waals surface area contributed by atoms with Crippen molar-refractivity contribution in [1.82, 2.24) is 20.1 Å². The first-order valence-corrected chi connectivity index (χ1v) is 11.2. The largest absolute Gasteiger partial charge is 0.369 e. The van der Waals surface area contributed by atoms with Gasteiger partial charge in [0.15, 0.2) is 0 Å². The fourth-order valence-corrected chi connectivity index (χ4v) is 4.86. The van der Waals surface area contributed by atoms with Gasteiger partial charge in [-0.3, -0.25) is 29.6 Å². The van der Waals surface area contributed by atoms with E-state index in [1.54, 1.807) is 0 Å². The van der Waals surface area contributed by atoms with Crippen LogP contribution in [-0.2, 0) is 22.7 Å². The molecule has 1 aromatic heterocycles. The topological polar surface area (TPSA) is 85.9 Å². The third kappa shape index (κ3) is 4.20. The Balaban J connectivity index is 1.31. The minimum absolute atomic E-state index is 0.190. The highest BCUT2D eigenvalue weighted by Gasteiger charge is 2.41. The van der Waals surface area contributed by atoms with Crippen LogP contribution in [-0.4, -0.2) is 64.7 Å². The van der Waals surface area contributed by atoms with Crippen molar-refractivity contribution in [2.45, 2.75) is 38.9 Å². The van der Waals surface area contributed by atoms with Crippen molar-refractivity contribution in [3.8, 4) is 0 Å². The summed E-state index contributed by atoms with van der Waals surface area (Å²) in [7, 11) is 0. The highest BCUT2D eigenvalue weighted by atomic mass is 19.1. The Kier molecular flexibility index (Phi) is 5.57. The van der Waals surface area contributed by atoms with Gasteiger partial charge in [-0.15, -0.1) is 0 Å². The molecule has 0 spiro atoms. The second-order valence-corrected chi connectivity index (χ2v) is 8.94. The molecule has 8 nitrogen and oxygen atoms in total. The van der Waals surface area contributed by atoms with Gasteiger partial charge < -0.3 is 9.80 Å². The van der Waals surface area contributed by atoms with Crippen molar-refractivity contribution >= 4 is 23.4 Å². The van der Waals surface area contributed by atoms with E-state index in [4.69, 9.17) is 0 Å². The number of carbonyl (C=O) groups excluding carboxylic acids is 3. The summed E-state index contributed by atoms with van der Waals surface area (Å²) >= 11 is 0. The minimum Gasteiger partial charge on any atom is -0.369 e. The Hall–Kier alpha value is -3.33. The van der Waals surface area contributed by atoms with Crippen molar-refractivity contribution in [3.05, 3.63) is 58.7 Å². The number of pyridine rings is 1. The Morgan fingerprint density at radius 1 is 1.12 bits per heavy atom. The summed E-state index contributed by atoms with van der Waals surface area (Å²) in [5, 5.41) is 2.30. The number of nitrogens with one attached hydrogen (secondary N) is 1. The quantitative estimate of drug-likeness (QED) is 0.711. The highest BCUT2D eigenvalue weighted by Crippen LogP contribution is 2.35. The predicted molar refractivity (Wildman–Crippen MR) is 119 cm³/mol. The predicted octanol–water partition coefficient (Wildman–Crippen LogP) is 1.61. The molecule has 1 unspecified atom stereocenters. The molecule has 172 valence electrons. The molecule has 3 amide bonds. The molecule has 1 aromatic carbocycles. The first-order chi connectivity index (χ1) is 15.9. The van der Waals surface area contributed by atoms with Gasteiger partial charge in [-0.2, -0.15) is 0 Å². The van der Waals surface area contributed by atoms with Gasteiger partial charge in [-0.1, -0.05) is 6.07 Å². The lowest BCUT2D eigenvalue weighted by molar-refractivity contribution is -0.136. The molecule has 2 saturated heterocycles. The number of nitrogens with zero attached hydrogens (tertiary/aromatic N) is 4. The zero-order chi connectivity index (χ0) is 23.1. The number of anilines is 1. The first kappa shape index (κ1) is 21.5. The second kappa shape index (κ2) is 8.55. The number of piperidine rings is 1. The Morgan fingerprint density at radius 2 is 1.91 bits per heavy atom. The van der Waals surface area contributed by atoms with E-state index in [-0.39, 0.29) is 31.2 Å². The van der Waals surface area contributed by atoms with E-state index < -0.39 is 17.8 Å². The third-order valence-electron chi connectivity index (χ3n) is 6.67. The van der Waals surface area contributed by atoms with Crippen molar-refractivity contribution in [1.29, 1.82) is 0 Å². The standard InChI is InChI=1S/C24H26FN5O3/c1-15-2-3-17(26-12-15)13-28-6-8-29(9-7-28)21-11-16(25)10-18-19(21)14-30(24(18)33)20-4-5-22(31)27-23(20)32/h2-3,10-12,20H,4-9,13-14H2,1H3,(H,27,31,32). The summed E-state index contributed by atoms with van der Waals surface area (Å²) in [5.41, 5.74) is 3.91. The normalized spacial score (nSPS) is 21.4. The number of hydrogen-bond donors (Lipinski definition) is 1. The van der Waals surface area contributed by atoms with E-state index in [1.807, 2.05) is 19.2 Å². The van der Waals surface area contributed by atoms with Gasteiger partial charge in [0.05, 0.1) is 5.69 Å². The van der Waals surface area contributed by atoms with Crippen LogP contribution in [0.3, 0.4) is 0 Å². The zero-order valence-electron chi connectivity index (χ0n) is 18.5. The molecule has 0 radical (unpaired) electrons. The van der Waals surface area contributed by atoms with Crippen LogP contribution >= 0.6 is 0 Å². The van der Waals surface area contributed by atoms with E-state index in [0.717, 1.165) is 36.5 Å². The molecule has 9 heteroatoms. The van der Waals surface area contributed by atoms with Gasteiger partial charge in [0, 0.05) is 68.7 Å². The average molecular weight is 452 g/mol. The number of piperazine rings is 1. The van der Waals surface area contributed by atoms with Gasteiger partial charge in [-0.25, -0.2) is 4.39 Å². The lowest BCUT2D eigenvalue weighted by Gasteiger charge is -2.37. The van der Waals surface area contributed by atoms with Gasteiger partial charge >= 0.3 is 0 Å². The molecular weight excluding hydrogens is 425 g/mol. The number of amides is 3. The molecule has 2 aromatic rings. The maximum absolute atomic E-state index is 14.5. The molecule has 1 N–H and O–H groups in total. The third-order valence-corrected chi connectivity index (χ3v) is 6.67. The SMILES string of the molecule is Cc1ccc(CN2CCN(c3cc(F)cc4c3CN(C3CCC(=O)NC3=O)C4=O)CC2)nc1. The Labute approximate surface area is 191 Å². The van der Waals surface area contributed by atoms with E-state index in [1.165, 1.54) is 17.0 Å². The van der Waals surface area contributed by atoms with Crippen molar-refractivity contribution in [2.75, 3.05) is 31.1 Å². The number of benzene rings is 1. The molecular formula is C24H26FN5O3. The second-order valence-electron chi connectivity index (χ2n) is 8.94. The van der Waals surface area contributed by atoms with Crippen molar-refractivity contribution < 1.29 is 18.8 Å². The molecule has 0 saturated carbocycles. The van der Waals surface area contributed by atoms with Gasteiger partial charge in [0.25, 0.3) is 5.91 Å². The van der Waals surface area contributed by atoms with Crippen LogP contribution in [0, 0.1) is 12.7 Å². The number of carbonyl (C=O) groups is 3. The Bertz CT molecular complexity index is 1110. The number of fused-ring (bicyclic) bond motifs is 1. The van der Waals surface area contributed by atoms with Crippen LogP contribution in [0.1, 0.15) is 40.0 Å². The number of rotatable bonds is 4. The maximum Gasteiger partial charge on any atom is 0.255 e. The lowest BCUT2D eigenvalue weighted by atomic mass is 10.0. The van der Waals surface area contributed by atoms with E-state index in [0.29, 0.717) is 24.3 Å². The van der Waals surface area contributed by atoms with Crippen LogP contribution in [0.4, 0.5) is 10.1 Å². The van der Waals surface area contributed by atoms with Crippen LogP contribution in [0.5, 0.6) is 0 Å². The molecule has 2 fully saturated rings. The molecule has 3 aliphatic rings. The molecule has 1 atom stereocenters. The summed E-state index contributed by atoms with van der Waals surface area (Å²) in [5.74, 6) is -1.61. The number of imide groups is 1. The maximum atomic E-state index is 14.5. The van der Waals surface area contributed by atoms with Crippen LogP contribution in [0.25, 0.3) is 0 Å². The summed E-state index contributed by atoms with van der Waals surface area (Å²) in [6.07, 6.45) is 2.34. The molecule has 5 rings (SSSR count). The number of hydrogen-bond acceptors (Lipinski definition) is 6. The average Bonchev–Trinajstić information content (AvgIpc) is 3.11. The van der Waals surface area contributed by atoms with Gasteiger partial charge in [0.2, 0.25) is 11.8 Å². The summed E-state index contributed by atoms with van der Waals surface area (Å²) < 4.78 is 14.5. The molecule has 3 aliphatic heterocycles. The molecule has 0 bridgehead atoms. The summed E-state index contributed by atoms with van der Waals surface area (Å²) in [4.78, 5) is 47.2. The van der Waals surface area contributed by atoms with Crippen LogP contribution < -0.4 is 10.2 Å². The van der Waals surface area contributed by atoms with Gasteiger partial charge in [-0.05, 0) is 37.1 Å². The van der Waals surface area contributed by atoms with E-state index in [2.05, 4.69) is 26.2 Å². The summed E-state index contributed by atoms with van der Waals surface area (Å²) in [6.45, 7) is 6.01. The van der Waals surface area contributed by atoms with Crippen molar-refractivity contribution in [2.24, 2.45) is 0 Å². The monoisotopic (exact) mass is 451 g/mol. The molecule has 4 heterocycles. The van der Waals surface area contributed by atoms with E-state index >= 15 is 0 Å². The minimum atomic E-state index is -0.711. The number of halogens is 1. The number of aryl methyl sites for hydroxylation is 1. The first-order valence-electron chi connectivity index (χ1n) is 11.2. The lowest BCUT2D eigenvalue weighted by Crippen LogP contribution is -2.52. The Morgan fingerprint density at radius 3 is 2.61 bits per heavy atom. The molecule has 0 aliphatic carbocycles. The fraction of sp³-hybridized carbons (Fsp3) is 0.417. The fourth-order valence-electron chi connectivity index (χ4n) is 4.86. The zero-order valence-corrected chi connectivity index (χ0v) is 18.5.